The summed E-state index contributed by atoms with van der Waals surface area (Å²) in [7, 11) is 1.68. The van der Waals surface area contributed by atoms with Gasteiger partial charge in [-0.2, -0.15) is 0 Å². The summed E-state index contributed by atoms with van der Waals surface area (Å²) in [5.41, 5.74) is 1.26. The lowest BCUT2D eigenvalue weighted by molar-refractivity contribution is 0.414. The molecule has 0 unspecified atom stereocenters. The summed E-state index contributed by atoms with van der Waals surface area (Å²) in [5, 5.41) is 5.38. The van der Waals surface area contributed by atoms with Crippen LogP contribution in [0.5, 0.6) is 5.75 Å². The first-order valence-corrected chi connectivity index (χ1v) is 7.97. The molecule has 0 aliphatic heterocycles. The van der Waals surface area contributed by atoms with Crippen LogP contribution in [-0.4, -0.2) is 23.6 Å². The molecule has 4 nitrogen and oxygen atoms in total. The zero-order chi connectivity index (χ0) is 15.2. The minimum atomic E-state index is 0.768. The maximum absolute atomic E-state index is 5.16. The molecule has 5 heteroatoms. The molecule has 0 aliphatic carbocycles. The van der Waals surface area contributed by atoms with Gasteiger partial charge in [-0.05, 0) is 41.6 Å². The van der Waals surface area contributed by atoms with E-state index in [0.717, 1.165) is 35.2 Å². The van der Waals surface area contributed by atoms with Gasteiger partial charge in [0.25, 0.3) is 0 Å². The SMILES string of the molecule is COc1ccc(CCNc2ccnc(-c3cccs3)n2)cc1. The maximum atomic E-state index is 5.16. The molecule has 1 aromatic carbocycles. The number of ether oxygens (including phenoxy) is 1. The third-order valence-electron chi connectivity index (χ3n) is 3.28. The van der Waals surface area contributed by atoms with Crippen molar-refractivity contribution < 1.29 is 4.74 Å². The molecule has 2 heterocycles. The summed E-state index contributed by atoms with van der Waals surface area (Å²) in [5.74, 6) is 2.50. The minimum Gasteiger partial charge on any atom is -0.497 e. The molecular formula is C17H17N3OS. The predicted molar refractivity (Wildman–Crippen MR) is 90.5 cm³/mol. The third-order valence-corrected chi connectivity index (χ3v) is 4.14. The summed E-state index contributed by atoms with van der Waals surface area (Å²) in [4.78, 5) is 9.94. The molecule has 1 N–H and O–H groups in total. The number of thiophene rings is 1. The Morgan fingerprint density at radius 1 is 1.14 bits per heavy atom. The number of hydrogen-bond acceptors (Lipinski definition) is 5. The molecule has 3 aromatic rings. The van der Waals surface area contributed by atoms with Crippen molar-refractivity contribution in [3.05, 3.63) is 59.6 Å². The van der Waals surface area contributed by atoms with Crippen LogP contribution in [0.3, 0.4) is 0 Å². The van der Waals surface area contributed by atoms with Gasteiger partial charge in [0, 0.05) is 12.7 Å². The van der Waals surface area contributed by atoms with Crippen LogP contribution in [0.2, 0.25) is 0 Å². The molecule has 3 rings (SSSR count). The molecule has 0 radical (unpaired) electrons. The van der Waals surface area contributed by atoms with Crippen LogP contribution in [0.4, 0.5) is 5.82 Å². The topological polar surface area (TPSA) is 47.0 Å². The van der Waals surface area contributed by atoms with E-state index in [0.29, 0.717) is 0 Å². The third kappa shape index (κ3) is 3.62. The standard InChI is InChI=1S/C17H17N3OS/c1-21-14-6-4-13(5-7-14)8-10-18-16-9-11-19-17(20-16)15-3-2-12-22-15/h2-7,9,11-12H,8,10H2,1H3,(H,18,19,20). The number of aromatic nitrogens is 2. The van der Waals surface area contributed by atoms with E-state index in [1.807, 2.05) is 35.7 Å². The van der Waals surface area contributed by atoms with Crippen molar-refractivity contribution in [1.29, 1.82) is 0 Å². The van der Waals surface area contributed by atoms with E-state index in [2.05, 4.69) is 27.4 Å². The number of methoxy groups -OCH3 is 1. The Balaban J connectivity index is 1.58. The summed E-state index contributed by atoms with van der Waals surface area (Å²) >= 11 is 1.64. The van der Waals surface area contributed by atoms with Crippen LogP contribution >= 0.6 is 11.3 Å². The molecule has 0 fully saturated rings. The summed E-state index contributed by atoms with van der Waals surface area (Å²) in [6, 6.07) is 14.1. The Hall–Kier alpha value is -2.40. The van der Waals surface area contributed by atoms with Crippen molar-refractivity contribution >= 4 is 17.2 Å². The average Bonchev–Trinajstić information content (AvgIpc) is 3.10. The van der Waals surface area contributed by atoms with Crippen LogP contribution in [0.1, 0.15) is 5.56 Å². The Kier molecular flexibility index (Phi) is 4.65. The number of rotatable bonds is 6. The molecule has 0 amide bonds. The number of nitrogens with zero attached hydrogens (tertiary/aromatic N) is 2. The zero-order valence-electron chi connectivity index (χ0n) is 12.3. The van der Waals surface area contributed by atoms with Crippen molar-refractivity contribution in [3.8, 4) is 16.5 Å². The van der Waals surface area contributed by atoms with Gasteiger partial charge in [0.05, 0.1) is 12.0 Å². The van der Waals surface area contributed by atoms with Gasteiger partial charge in [0.15, 0.2) is 5.82 Å². The second kappa shape index (κ2) is 7.04. The van der Waals surface area contributed by atoms with Crippen molar-refractivity contribution in [2.24, 2.45) is 0 Å². The van der Waals surface area contributed by atoms with E-state index in [9.17, 15) is 0 Å². The summed E-state index contributed by atoms with van der Waals surface area (Å²) in [6.07, 6.45) is 2.72. The highest BCUT2D eigenvalue weighted by atomic mass is 32.1. The lowest BCUT2D eigenvalue weighted by atomic mass is 10.1. The minimum absolute atomic E-state index is 0.768. The molecule has 0 saturated heterocycles. The van der Waals surface area contributed by atoms with Crippen LogP contribution in [0.15, 0.2) is 54.0 Å². The normalized spacial score (nSPS) is 10.4. The van der Waals surface area contributed by atoms with Gasteiger partial charge < -0.3 is 10.1 Å². The molecule has 112 valence electrons. The molecule has 2 aromatic heterocycles. The monoisotopic (exact) mass is 311 g/mol. The van der Waals surface area contributed by atoms with Crippen molar-refractivity contribution in [1.82, 2.24) is 9.97 Å². The number of hydrogen-bond donors (Lipinski definition) is 1. The molecule has 22 heavy (non-hydrogen) atoms. The van der Waals surface area contributed by atoms with Gasteiger partial charge in [-0.25, -0.2) is 9.97 Å². The van der Waals surface area contributed by atoms with Gasteiger partial charge in [0.2, 0.25) is 0 Å². The van der Waals surface area contributed by atoms with Gasteiger partial charge in [-0.3, -0.25) is 0 Å². The van der Waals surface area contributed by atoms with Gasteiger partial charge in [-0.15, -0.1) is 11.3 Å². The first-order chi connectivity index (χ1) is 10.8. The van der Waals surface area contributed by atoms with Crippen LogP contribution in [-0.2, 0) is 6.42 Å². The van der Waals surface area contributed by atoms with Crippen LogP contribution in [0, 0.1) is 0 Å². The molecule has 0 atom stereocenters. The van der Waals surface area contributed by atoms with Gasteiger partial charge in [0.1, 0.15) is 11.6 Å². The highest BCUT2D eigenvalue weighted by Crippen LogP contribution is 2.21. The summed E-state index contributed by atoms with van der Waals surface area (Å²) in [6.45, 7) is 0.827. The number of anilines is 1. The average molecular weight is 311 g/mol. The molecule has 0 aliphatic rings. The molecule has 0 saturated carbocycles. The highest BCUT2D eigenvalue weighted by Gasteiger charge is 2.03. The molecular weight excluding hydrogens is 294 g/mol. The smallest absolute Gasteiger partial charge is 0.171 e. The highest BCUT2D eigenvalue weighted by molar-refractivity contribution is 7.13. The summed E-state index contributed by atoms with van der Waals surface area (Å²) < 4.78 is 5.16. The fourth-order valence-electron chi connectivity index (χ4n) is 2.11. The van der Waals surface area contributed by atoms with Crippen molar-refractivity contribution in [3.63, 3.8) is 0 Å². The van der Waals surface area contributed by atoms with E-state index >= 15 is 0 Å². The Labute approximate surface area is 133 Å². The van der Waals surface area contributed by atoms with Crippen molar-refractivity contribution in [2.75, 3.05) is 19.0 Å². The largest absolute Gasteiger partial charge is 0.497 e. The molecule has 0 bridgehead atoms. The lowest BCUT2D eigenvalue weighted by Gasteiger charge is -2.07. The zero-order valence-corrected chi connectivity index (χ0v) is 13.1. The van der Waals surface area contributed by atoms with Crippen LogP contribution in [0.25, 0.3) is 10.7 Å². The van der Waals surface area contributed by atoms with Crippen LogP contribution < -0.4 is 10.1 Å². The van der Waals surface area contributed by atoms with Gasteiger partial charge in [-0.1, -0.05) is 18.2 Å². The Morgan fingerprint density at radius 2 is 2.00 bits per heavy atom. The maximum Gasteiger partial charge on any atom is 0.171 e. The number of nitrogens with one attached hydrogen (secondary N) is 1. The fourth-order valence-corrected chi connectivity index (χ4v) is 2.77. The first-order valence-electron chi connectivity index (χ1n) is 7.09. The first kappa shape index (κ1) is 14.5. The van der Waals surface area contributed by atoms with E-state index in [-0.39, 0.29) is 0 Å². The Bertz CT molecular complexity index is 711. The second-order valence-electron chi connectivity index (χ2n) is 4.77. The van der Waals surface area contributed by atoms with E-state index in [4.69, 9.17) is 4.74 Å². The van der Waals surface area contributed by atoms with Crippen molar-refractivity contribution in [2.45, 2.75) is 6.42 Å². The van der Waals surface area contributed by atoms with E-state index in [1.54, 1.807) is 24.6 Å². The van der Waals surface area contributed by atoms with E-state index < -0.39 is 0 Å². The number of benzene rings is 1. The second-order valence-corrected chi connectivity index (χ2v) is 5.72. The fraction of sp³-hybridized carbons (Fsp3) is 0.176. The quantitative estimate of drug-likeness (QED) is 0.751. The van der Waals surface area contributed by atoms with Gasteiger partial charge >= 0.3 is 0 Å². The predicted octanol–water partition coefficient (Wildman–Crippen LogP) is 3.87. The van der Waals surface area contributed by atoms with E-state index in [1.165, 1.54) is 5.56 Å². The molecule has 0 spiro atoms. The Morgan fingerprint density at radius 3 is 2.73 bits per heavy atom. The lowest BCUT2D eigenvalue weighted by Crippen LogP contribution is -2.06.